The van der Waals surface area contributed by atoms with Crippen LogP contribution in [-0.2, 0) is 11.4 Å². The molecule has 0 fully saturated rings. The number of carbonyl (C=O) groups excluding carboxylic acids is 1. The van der Waals surface area contributed by atoms with E-state index in [0.717, 1.165) is 26.7 Å². The van der Waals surface area contributed by atoms with Crippen LogP contribution in [0.1, 0.15) is 18.1 Å². The number of nitrogens with one attached hydrogen (secondary N) is 1. The third-order valence-electron chi connectivity index (χ3n) is 4.93. The van der Waals surface area contributed by atoms with Gasteiger partial charge in [-0.3, -0.25) is 4.79 Å². The smallest absolute Gasteiger partial charge is 0.250 e. The van der Waals surface area contributed by atoms with Crippen molar-refractivity contribution < 1.29 is 14.3 Å². The van der Waals surface area contributed by atoms with E-state index in [0.29, 0.717) is 34.8 Å². The second-order valence-corrected chi connectivity index (χ2v) is 10.6. The maximum absolute atomic E-state index is 12.2. The fourth-order valence-corrected chi connectivity index (χ4v) is 5.03. The average molecular weight is 573 g/mol. The Labute approximate surface area is 233 Å². The van der Waals surface area contributed by atoms with Crippen molar-refractivity contribution in [1.29, 1.82) is 0 Å². The summed E-state index contributed by atoms with van der Waals surface area (Å²) in [7, 11) is 0. The fraction of sp³-hybridized carbons (Fsp3) is 0.148. The van der Waals surface area contributed by atoms with Crippen molar-refractivity contribution in [2.24, 2.45) is 5.10 Å². The van der Waals surface area contributed by atoms with E-state index < -0.39 is 0 Å². The summed E-state index contributed by atoms with van der Waals surface area (Å²) in [4.78, 5) is 16.8. The van der Waals surface area contributed by atoms with Crippen molar-refractivity contribution in [1.82, 2.24) is 10.4 Å². The van der Waals surface area contributed by atoms with Gasteiger partial charge < -0.3 is 9.47 Å². The maximum atomic E-state index is 12.2. The molecule has 0 aliphatic rings. The van der Waals surface area contributed by atoms with E-state index in [9.17, 15) is 4.79 Å². The van der Waals surface area contributed by atoms with Gasteiger partial charge in [0.25, 0.3) is 5.91 Å². The van der Waals surface area contributed by atoms with Crippen LogP contribution < -0.4 is 14.9 Å². The first kappa shape index (κ1) is 27.0. The van der Waals surface area contributed by atoms with Gasteiger partial charge in [0, 0.05) is 21.0 Å². The largest absolute Gasteiger partial charge is 0.490 e. The molecule has 0 spiro atoms. The number of thioether (sulfide) groups is 1. The van der Waals surface area contributed by atoms with E-state index in [1.54, 1.807) is 6.21 Å². The molecule has 10 heteroatoms. The molecule has 6 nitrogen and oxygen atoms in total. The lowest BCUT2D eigenvalue weighted by Crippen LogP contribution is -2.19. The zero-order valence-corrected chi connectivity index (χ0v) is 23.0. The molecule has 0 radical (unpaired) electrons. The topological polar surface area (TPSA) is 72.8 Å². The molecule has 3 aromatic carbocycles. The summed E-state index contributed by atoms with van der Waals surface area (Å²) >= 11 is 14.7. The lowest BCUT2D eigenvalue weighted by atomic mass is 10.2. The highest BCUT2D eigenvalue weighted by molar-refractivity contribution is 8.01. The summed E-state index contributed by atoms with van der Waals surface area (Å²) in [5.74, 6) is 1.20. The van der Waals surface area contributed by atoms with Crippen molar-refractivity contribution >= 4 is 58.4 Å². The summed E-state index contributed by atoms with van der Waals surface area (Å²) in [6.45, 7) is 2.78. The Balaban J connectivity index is 1.28. The highest BCUT2D eigenvalue weighted by Gasteiger charge is 2.09. The first-order valence-electron chi connectivity index (χ1n) is 11.3. The predicted molar refractivity (Wildman–Crippen MR) is 152 cm³/mol. The van der Waals surface area contributed by atoms with Gasteiger partial charge >= 0.3 is 0 Å². The summed E-state index contributed by atoms with van der Waals surface area (Å²) in [5.41, 5.74) is 6.15. The monoisotopic (exact) mass is 571 g/mol. The first-order valence-corrected chi connectivity index (χ1v) is 13.9. The number of hydrogen-bond donors (Lipinski definition) is 1. The van der Waals surface area contributed by atoms with Crippen molar-refractivity contribution in [3.8, 4) is 22.8 Å². The molecular weight excluding hydrogens is 549 g/mol. The van der Waals surface area contributed by atoms with Crippen molar-refractivity contribution in [3.63, 3.8) is 0 Å². The minimum Gasteiger partial charge on any atom is -0.490 e. The van der Waals surface area contributed by atoms with Crippen LogP contribution in [0.5, 0.6) is 11.5 Å². The van der Waals surface area contributed by atoms with Crippen LogP contribution in [0, 0.1) is 0 Å². The Kier molecular flexibility index (Phi) is 9.85. The summed E-state index contributed by atoms with van der Waals surface area (Å²) in [6.07, 6.45) is 1.57. The SMILES string of the molecule is CCOc1cc(/C=N/NC(=O)CSc2nc(-c3ccc(Cl)cc3)cs2)ccc1OCc1ccc(Cl)cc1. The van der Waals surface area contributed by atoms with Gasteiger partial charge in [0.2, 0.25) is 0 Å². The Bertz CT molecular complexity index is 1360. The van der Waals surface area contributed by atoms with Gasteiger partial charge in [-0.15, -0.1) is 11.3 Å². The van der Waals surface area contributed by atoms with E-state index in [-0.39, 0.29) is 11.7 Å². The molecule has 1 amide bonds. The lowest BCUT2D eigenvalue weighted by molar-refractivity contribution is -0.118. The van der Waals surface area contributed by atoms with Crippen molar-refractivity contribution in [2.75, 3.05) is 12.4 Å². The Hall–Kier alpha value is -3.04. The van der Waals surface area contributed by atoms with Crippen molar-refractivity contribution in [3.05, 3.63) is 93.3 Å². The minimum atomic E-state index is -0.225. The molecule has 0 bridgehead atoms. The first-order chi connectivity index (χ1) is 18.0. The number of amides is 1. The highest BCUT2D eigenvalue weighted by Crippen LogP contribution is 2.30. The molecule has 190 valence electrons. The van der Waals surface area contributed by atoms with E-state index in [2.05, 4.69) is 15.5 Å². The lowest BCUT2D eigenvalue weighted by Gasteiger charge is -2.12. The molecule has 0 atom stereocenters. The molecule has 1 heterocycles. The number of hydrazone groups is 1. The van der Waals surface area contributed by atoms with Gasteiger partial charge in [-0.25, -0.2) is 10.4 Å². The van der Waals surface area contributed by atoms with Crippen LogP contribution in [0.3, 0.4) is 0 Å². The maximum Gasteiger partial charge on any atom is 0.250 e. The molecule has 0 aliphatic carbocycles. The van der Waals surface area contributed by atoms with Crippen LogP contribution >= 0.6 is 46.3 Å². The van der Waals surface area contributed by atoms with E-state index in [4.69, 9.17) is 32.7 Å². The number of hydrogen-bond acceptors (Lipinski definition) is 7. The molecule has 4 aromatic rings. The molecular formula is C27H23Cl2N3O3S2. The molecule has 0 saturated heterocycles. The standard InChI is InChI=1S/C27H23Cl2N3O3S2/c1-2-34-25-13-19(5-12-24(25)35-15-18-3-8-21(28)9-4-18)14-30-32-26(33)17-37-27-31-23(16-36-27)20-6-10-22(29)11-7-20/h3-14,16H,2,15,17H2,1H3,(H,32,33)/b30-14+. The number of halogens is 2. The molecule has 37 heavy (non-hydrogen) atoms. The van der Waals surface area contributed by atoms with Gasteiger partial charge in [0.15, 0.2) is 15.8 Å². The van der Waals surface area contributed by atoms with Gasteiger partial charge in [0.1, 0.15) is 6.61 Å². The second-order valence-electron chi connectivity index (χ2n) is 7.64. The summed E-state index contributed by atoms with van der Waals surface area (Å²) < 4.78 is 12.5. The van der Waals surface area contributed by atoms with Gasteiger partial charge in [0.05, 0.1) is 24.3 Å². The molecule has 4 rings (SSSR count). The van der Waals surface area contributed by atoms with Gasteiger partial charge in [-0.05, 0) is 60.5 Å². The van der Waals surface area contributed by atoms with Crippen molar-refractivity contribution in [2.45, 2.75) is 17.9 Å². The number of ether oxygens (including phenoxy) is 2. The summed E-state index contributed by atoms with van der Waals surface area (Å²) in [5, 5.41) is 7.39. The molecule has 0 saturated carbocycles. The zero-order chi connectivity index (χ0) is 26.0. The van der Waals surface area contributed by atoms with Gasteiger partial charge in [-0.2, -0.15) is 5.10 Å². The number of rotatable bonds is 11. The number of benzene rings is 3. The average Bonchev–Trinajstić information content (AvgIpc) is 3.38. The zero-order valence-electron chi connectivity index (χ0n) is 19.8. The number of thiazole rings is 1. The van der Waals surface area contributed by atoms with E-state index in [1.807, 2.05) is 79.0 Å². The molecule has 1 aromatic heterocycles. The summed E-state index contributed by atoms with van der Waals surface area (Å²) in [6, 6.07) is 20.5. The Morgan fingerprint density at radius 2 is 1.76 bits per heavy atom. The Morgan fingerprint density at radius 1 is 1.03 bits per heavy atom. The number of aromatic nitrogens is 1. The number of carbonyl (C=O) groups is 1. The van der Waals surface area contributed by atoms with Crippen LogP contribution in [0.4, 0.5) is 0 Å². The third-order valence-corrected chi connectivity index (χ3v) is 7.45. The fourth-order valence-electron chi connectivity index (χ4n) is 3.15. The highest BCUT2D eigenvalue weighted by atomic mass is 35.5. The number of nitrogens with zero attached hydrogens (tertiary/aromatic N) is 2. The normalized spacial score (nSPS) is 11.0. The Morgan fingerprint density at radius 3 is 2.49 bits per heavy atom. The minimum absolute atomic E-state index is 0.201. The molecule has 0 aliphatic heterocycles. The van der Waals surface area contributed by atoms with Crippen LogP contribution in [-0.4, -0.2) is 29.5 Å². The predicted octanol–water partition coefficient (Wildman–Crippen LogP) is 7.34. The molecule has 1 N–H and O–H groups in total. The van der Waals surface area contributed by atoms with Crippen LogP contribution in [0.15, 0.2) is 81.6 Å². The van der Waals surface area contributed by atoms with E-state index in [1.165, 1.54) is 23.1 Å². The van der Waals surface area contributed by atoms with Crippen LogP contribution in [0.2, 0.25) is 10.0 Å². The van der Waals surface area contributed by atoms with Crippen LogP contribution in [0.25, 0.3) is 11.3 Å². The third kappa shape index (κ3) is 8.23. The van der Waals surface area contributed by atoms with E-state index >= 15 is 0 Å². The molecule has 0 unspecified atom stereocenters. The second kappa shape index (κ2) is 13.5. The van der Waals surface area contributed by atoms with Gasteiger partial charge in [-0.1, -0.05) is 59.2 Å². The quantitative estimate of drug-likeness (QED) is 0.116.